The second kappa shape index (κ2) is 5.02. The van der Waals surface area contributed by atoms with Crippen LogP contribution in [0.15, 0.2) is 24.3 Å². The Balaban J connectivity index is 1.55. The molecule has 1 saturated carbocycles. The van der Waals surface area contributed by atoms with Crippen LogP contribution in [0.1, 0.15) is 30.7 Å². The summed E-state index contributed by atoms with van der Waals surface area (Å²) in [6.45, 7) is 1.44. The van der Waals surface area contributed by atoms with Crippen molar-refractivity contribution in [3.8, 4) is 5.75 Å². The van der Waals surface area contributed by atoms with Gasteiger partial charge in [-0.2, -0.15) is 0 Å². The molecule has 0 unspecified atom stereocenters. The van der Waals surface area contributed by atoms with Crippen molar-refractivity contribution in [3.05, 3.63) is 29.3 Å². The summed E-state index contributed by atoms with van der Waals surface area (Å²) < 4.78 is 5.66. The van der Waals surface area contributed by atoms with Gasteiger partial charge in [-0.15, -0.1) is 10.2 Å². The van der Waals surface area contributed by atoms with E-state index in [1.165, 1.54) is 18.3 Å². The van der Waals surface area contributed by atoms with Crippen molar-refractivity contribution in [3.63, 3.8) is 0 Å². The maximum atomic E-state index is 12.5. The van der Waals surface area contributed by atoms with Crippen molar-refractivity contribution in [1.82, 2.24) is 10.2 Å². The van der Waals surface area contributed by atoms with Crippen LogP contribution in [0, 0.1) is 0 Å². The number of anilines is 2. The average molecular weight is 330 g/mol. The summed E-state index contributed by atoms with van der Waals surface area (Å²) in [4.78, 5) is 24.9. The number of carbonyl (C=O) groups excluding carboxylic acids is 2. The molecule has 1 aliphatic heterocycles. The molecule has 23 heavy (non-hydrogen) atoms. The zero-order valence-electron chi connectivity index (χ0n) is 12.3. The van der Waals surface area contributed by atoms with E-state index in [-0.39, 0.29) is 0 Å². The van der Waals surface area contributed by atoms with Crippen LogP contribution in [0.25, 0.3) is 0 Å². The second-order valence-corrected chi connectivity index (χ2v) is 6.77. The van der Waals surface area contributed by atoms with Crippen LogP contribution in [-0.4, -0.2) is 27.6 Å². The molecule has 1 aromatic heterocycles. The van der Waals surface area contributed by atoms with Crippen molar-refractivity contribution in [1.29, 1.82) is 0 Å². The number of carbonyl (C=O) groups is 2. The lowest BCUT2D eigenvalue weighted by atomic mass is 10.0. The lowest BCUT2D eigenvalue weighted by molar-refractivity contribution is -0.143. The highest BCUT2D eigenvalue weighted by Gasteiger charge is 2.47. The fourth-order valence-electron chi connectivity index (χ4n) is 2.31. The summed E-state index contributed by atoms with van der Waals surface area (Å²) in [5.41, 5.74) is -1.10. The minimum Gasteiger partial charge on any atom is -0.466 e. The van der Waals surface area contributed by atoms with Gasteiger partial charge in [0.2, 0.25) is 5.13 Å². The number of ether oxygens (including phenoxy) is 1. The Bertz CT molecular complexity index is 802. The van der Waals surface area contributed by atoms with E-state index in [2.05, 4.69) is 20.8 Å². The van der Waals surface area contributed by atoms with Crippen LogP contribution in [0.2, 0.25) is 0 Å². The molecule has 2 heterocycles. The van der Waals surface area contributed by atoms with Gasteiger partial charge in [-0.3, -0.25) is 14.9 Å². The summed E-state index contributed by atoms with van der Waals surface area (Å²) >= 11 is 1.34. The van der Waals surface area contributed by atoms with E-state index in [0.29, 0.717) is 22.5 Å². The number of nitrogens with zero attached hydrogens (tertiary/aromatic N) is 2. The summed E-state index contributed by atoms with van der Waals surface area (Å²) in [5, 5.41) is 14.7. The molecular weight excluding hydrogens is 316 g/mol. The summed E-state index contributed by atoms with van der Waals surface area (Å²) in [6, 6.07) is 6.99. The zero-order valence-corrected chi connectivity index (χ0v) is 13.1. The number of amides is 2. The topological polar surface area (TPSA) is 93.2 Å². The molecule has 1 aliphatic carbocycles. The minimum absolute atomic E-state index is 0.383. The molecule has 0 radical (unpaired) electrons. The van der Waals surface area contributed by atoms with Gasteiger partial charge in [0, 0.05) is 5.92 Å². The molecule has 7 nitrogen and oxygen atoms in total. The van der Waals surface area contributed by atoms with E-state index in [4.69, 9.17) is 4.74 Å². The fourth-order valence-corrected chi connectivity index (χ4v) is 3.22. The minimum atomic E-state index is -1.65. The number of para-hydroxylation sites is 2. The molecular formula is C15H14N4O3S. The molecule has 2 amide bonds. The van der Waals surface area contributed by atoms with Crippen molar-refractivity contribution in [2.24, 2.45) is 0 Å². The predicted octanol–water partition coefficient (Wildman–Crippen LogP) is 2.14. The highest BCUT2D eigenvalue weighted by Crippen LogP contribution is 2.42. The third-order valence-electron chi connectivity index (χ3n) is 3.90. The van der Waals surface area contributed by atoms with Gasteiger partial charge in [0.1, 0.15) is 10.8 Å². The monoisotopic (exact) mass is 330 g/mol. The number of rotatable bonds is 3. The number of aromatic nitrogens is 2. The molecule has 1 aromatic carbocycles. The smallest absolute Gasteiger partial charge is 0.280 e. The quantitative estimate of drug-likeness (QED) is 0.841. The number of fused-ring (bicyclic) bond motifs is 1. The van der Waals surface area contributed by atoms with E-state index >= 15 is 0 Å². The average Bonchev–Trinajstić information content (AvgIpc) is 3.28. The maximum Gasteiger partial charge on any atom is 0.280 e. The standard InChI is InChI=1S/C15H14N4O3S/c1-15(12(20)16-9-4-2-3-5-10(9)22-15)13(21)17-14-19-18-11(23-14)8-6-7-8/h2-5,8H,6-7H2,1H3,(H,16,20)(H,17,19,21)/t15-/m0/s1. The van der Waals surface area contributed by atoms with Gasteiger partial charge < -0.3 is 10.1 Å². The number of hydrogen-bond acceptors (Lipinski definition) is 6. The fraction of sp³-hybridized carbons (Fsp3) is 0.333. The first kappa shape index (κ1) is 14.1. The molecule has 2 aliphatic rings. The van der Waals surface area contributed by atoms with Crippen molar-refractivity contribution in [2.75, 3.05) is 10.6 Å². The van der Waals surface area contributed by atoms with Crippen LogP contribution in [0.5, 0.6) is 5.75 Å². The Hall–Kier alpha value is -2.48. The molecule has 2 N–H and O–H groups in total. The Morgan fingerprint density at radius 3 is 2.96 bits per heavy atom. The van der Waals surface area contributed by atoms with E-state index in [9.17, 15) is 9.59 Å². The molecule has 4 rings (SSSR count). The summed E-state index contributed by atoms with van der Waals surface area (Å²) in [6.07, 6.45) is 2.23. The number of benzene rings is 1. The van der Waals surface area contributed by atoms with Gasteiger partial charge in [0.25, 0.3) is 17.4 Å². The molecule has 118 valence electrons. The van der Waals surface area contributed by atoms with Crippen molar-refractivity contribution in [2.45, 2.75) is 31.3 Å². The Morgan fingerprint density at radius 1 is 1.39 bits per heavy atom. The van der Waals surface area contributed by atoms with E-state index in [1.807, 2.05) is 0 Å². The molecule has 0 bridgehead atoms. The lowest BCUT2D eigenvalue weighted by Gasteiger charge is -2.32. The maximum absolute atomic E-state index is 12.5. The van der Waals surface area contributed by atoms with Crippen molar-refractivity contribution < 1.29 is 14.3 Å². The van der Waals surface area contributed by atoms with Gasteiger partial charge in [0.05, 0.1) is 5.69 Å². The largest absolute Gasteiger partial charge is 0.466 e. The number of nitrogens with one attached hydrogen (secondary N) is 2. The Morgan fingerprint density at radius 2 is 2.17 bits per heavy atom. The van der Waals surface area contributed by atoms with Crippen LogP contribution in [0.4, 0.5) is 10.8 Å². The van der Waals surface area contributed by atoms with Crippen LogP contribution >= 0.6 is 11.3 Å². The molecule has 8 heteroatoms. The molecule has 0 saturated heterocycles. The van der Waals surface area contributed by atoms with Crippen LogP contribution in [0.3, 0.4) is 0 Å². The SMILES string of the molecule is C[C@]1(C(=O)Nc2nnc(C3CC3)s2)Oc2ccccc2NC1=O. The highest BCUT2D eigenvalue weighted by molar-refractivity contribution is 7.15. The molecule has 1 fully saturated rings. The first-order valence-electron chi connectivity index (χ1n) is 7.30. The van der Waals surface area contributed by atoms with Gasteiger partial charge in [0.15, 0.2) is 0 Å². The highest BCUT2D eigenvalue weighted by atomic mass is 32.1. The van der Waals surface area contributed by atoms with Gasteiger partial charge in [-0.1, -0.05) is 23.5 Å². The Labute approximate surface area is 136 Å². The zero-order chi connectivity index (χ0) is 16.0. The first-order chi connectivity index (χ1) is 11.1. The molecule has 0 spiro atoms. The van der Waals surface area contributed by atoms with Gasteiger partial charge >= 0.3 is 0 Å². The predicted molar refractivity (Wildman–Crippen MR) is 84.6 cm³/mol. The normalized spacial score (nSPS) is 22.7. The van der Waals surface area contributed by atoms with E-state index in [0.717, 1.165) is 17.8 Å². The lowest BCUT2D eigenvalue weighted by Crippen LogP contribution is -2.56. The van der Waals surface area contributed by atoms with Crippen LogP contribution < -0.4 is 15.4 Å². The van der Waals surface area contributed by atoms with Crippen molar-refractivity contribution >= 4 is 34.0 Å². The van der Waals surface area contributed by atoms with Gasteiger partial charge in [-0.25, -0.2) is 0 Å². The third kappa shape index (κ3) is 2.44. The van der Waals surface area contributed by atoms with E-state index in [1.54, 1.807) is 24.3 Å². The number of hydrogen-bond donors (Lipinski definition) is 2. The summed E-state index contributed by atoms with van der Waals surface area (Å²) in [5.74, 6) is -0.154. The summed E-state index contributed by atoms with van der Waals surface area (Å²) in [7, 11) is 0. The second-order valence-electron chi connectivity index (χ2n) is 5.76. The first-order valence-corrected chi connectivity index (χ1v) is 8.12. The van der Waals surface area contributed by atoms with E-state index < -0.39 is 17.4 Å². The molecule has 1 atom stereocenters. The van der Waals surface area contributed by atoms with Gasteiger partial charge in [-0.05, 0) is 31.9 Å². The Kier molecular flexibility index (Phi) is 3.08. The van der Waals surface area contributed by atoms with Crippen LogP contribution in [-0.2, 0) is 9.59 Å². The third-order valence-corrected chi connectivity index (χ3v) is 4.90. The molecule has 2 aromatic rings.